The Bertz CT molecular complexity index is 855. The second kappa shape index (κ2) is 8.87. The molecular formula is C17H21N5O4S. The van der Waals surface area contributed by atoms with Gasteiger partial charge in [0, 0.05) is 24.9 Å². The molecule has 2 aromatic rings. The van der Waals surface area contributed by atoms with Crippen LogP contribution < -0.4 is 16.3 Å². The summed E-state index contributed by atoms with van der Waals surface area (Å²) in [5.74, 6) is -0.314. The number of aromatic nitrogens is 3. The Morgan fingerprint density at radius 2 is 2.15 bits per heavy atom. The summed E-state index contributed by atoms with van der Waals surface area (Å²) < 4.78 is 7.06. The Labute approximate surface area is 159 Å². The van der Waals surface area contributed by atoms with Crippen molar-refractivity contribution in [1.29, 1.82) is 0 Å². The van der Waals surface area contributed by atoms with Crippen LogP contribution in [0.2, 0.25) is 0 Å². The lowest BCUT2D eigenvalue weighted by atomic mass is 10.2. The third kappa shape index (κ3) is 4.98. The zero-order chi connectivity index (χ0) is 19.2. The number of amides is 2. The fourth-order valence-electron chi connectivity index (χ4n) is 2.74. The van der Waals surface area contributed by atoms with Crippen LogP contribution in [0.15, 0.2) is 34.2 Å². The molecule has 0 aliphatic carbocycles. The van der Waals surface area contributed by atoms with Gasteiger partial charge in [0.2, 0.25) is 5.91 Å². The summed E-state index contributed by atoms with van der Waals surface area (Å²) in [6.45, 7) is 1.14. The molecule has 0 bridgehead atoms. The van der Waals surface area contributed by atoms with Crippen LogP contribution in [0, 0.1) is 0 Å². The molecule has 0 radical (unpaired) electrons. The van der Waals surface area contributed by atoms with Gasteiger partial charge in [-0.15, -0.1) is 5.10 Å². The van der Waals surface area contributed by atoms with Crippen molar-refractivity contribution >= 4 is 29.3 Å². The van der Waals surface area contributed by atoms with E-state index in [1.165, 1.54) is 16.3 Å². The summed E-state index contributed by atoms with van der Waals surface area (Å²) >= 11 is 1.18. The highest BCUT2D eigenvalue weighted by Gasteiger charge is 2.20. The fraction of sp³-hybridized carbons (Fsp3) is 0.412. The number of H-pyrrole nitrogens is 1. The molecular weight excluding hydrogens is 370 g/mol. The number of rotatable bonds is 7. The second-order valence-electron chi connectivity index (χ2n) is 6.05. The highest BCUT2D eigenvalue weighted by molar-refractivity contribution is 7.99. The summed E-state index contributed by atoms with van der Waals surface area (Å²) in [4.78, 5) is 35.6. The number of carbonyl (C=O) groups excluding carboxylic acids is 2. The van der Waals surface area contributed by atoms with E-state index in [4.69, 9.17) is 4.74 Å². The molecule has 1 aliphatic rings. The van der Waals surface area contributed by atoms with Gasteiger partial charge in [-0.05, 0) is 37.1 Å². The number of benzene rings is 1. The zero-order valence-corrected chi connectivity index (χ0v) is 15.7. The van der Waals surface area contributed by atoms with Gasteiger partial charge in [0.15, 0.2) is 5.16 Å². The van der Waals surface area contributed by atoms with Gasteiger partial charge in [-0.2, -0.15) is 0 Å². The maximum atomic E-state index is 12.2. The first-order chi connectivity index (χ1) is 13.1. The van der Waals surface area contributed by atoms with Crippen LogP contribution in [-0.4, -0.2) is 52.1 Å². The van der Waals surface area contributed by atoms with Crippen LogP contribution >= 0.6 is 11.8 Å². The monoisotopic (exact) mass is 391 g/mol. The van der Waals surface area contributed by atoms with Crippen LogP contribution in [0.1, 0.15) is 23.2 Å². The first kappa shape index (κ1) is 19.2. The van der Waals surface area contributed by atoms with E-state index in [2.05, 4.69) is 20.8 Å². The topological polar surface area (TPSA) is 118 Å². The molecule has 144 valence electrons. The molecule has 3 rings (SSSR count). The smallest absolute Gasteiger partial charge is 0.344 e. The number of carbonyl (C=O) groups is 2. The molecule has 3 N–H and O–H groups in total. The van der Waals surface area contributed by atoms with Crippen molar-refractivity contribution in [2.45, 2.75) is 30.6 Å². The molecule has 1 atom stereocenters. The van der Waals surface area contributed by atoms with Gasteiger partial charge in [-0.3, -0.25) is 14.2 Å². The highest BCUT2D eigenvalue weighted by Crippen LogP contribution is 2.18. The summed E-state index contributed by atoms with van der Waals surface area (Å²) in [7, 11) is 1.56. The maximum absolute atomic E-state index is 12.2. The van der Waals surface area contributed by atoms with Gasteiger partial charge in [0.05, 0.1) is 18.4 Å². The summed E-state index contributed by atoms with van der Waals surface area (Å²) in [6.07, 6.45) is 1.90. The molecule has 1 fully saturated rings. The number of hydrogen-bond acceptors (Lipinski definition) is 6. The molecule has 1 aromatic heterocycles. The first-order valence-electron chi connectivity index (χ1n) is 8.58. The third-order valence-electron chi connectivity index (χ3n) is 4.12. The van der Waals surface area contributed by atoms with Gasteiger partial charge in [0.1, 0.15) is 0 Å². The van der Waals surface area contributed by atoms with Crippen LogP contribution in [-0.2, 0) is 16.1 Å². The second-order valence-corrected chi connectivity index (χ2v) is 6.99. The predicted octanol–water partition coefficient (Wildman–Crippen LogP) is 0.841. The molecule has 1 aromatic carbocycles. The van der Waals surface area contributed by atoms with Crippen molar-refractivity contribution in [2.24, 2.45) is 0 Å². The zero-order valence-electron chi connectivity index (χ0n) is 14.9. The lowest BCUT2D eigenvalue weighted by molar-refractivity contribution is -0.113. The molecule has 0 spiro atoms. The molecule has 9 nitrogen and oxygen atoms in total. The van der Waals surface area contributed by atoms with E-state index in [0.717, 1.165) is 12.8 Å². The predicted molar refractivity (Wildman–Crippen MR) is 101 cm³/mol. The quantitative estimate of drug-likeness (QED) is 0.602. The van der Waals surface area contributed by atoms with Crippen LogP contribution in [0.25, 0.3) is 0 Å². The molecule has 1 aliphatic heterocycles. The SMILES string of the molecule is CNC(=O)c1ccc(NC(=O)CSc2n[nH]c(=O)n2C[C@@H]2CCCO2)cc1. The van der Waals surface area contributed by atoms with E-state index in [1.807, 2.05) is 0 Å². The third-order valence-corrected chi connectivity index (χ3v) is 5.10. The highest BCUT2D eigenvalue weighted by atomic mass is 32.2. The molecule has 2 heterocycles. The largest absolute Gasteiger partial charge is 0.376 e. The number of aromatic amines is 1. The van der Waals surface area contributed by atoms with Crippen molar-refractivity contribution in [3.63, 3.8) is 0 Å². The van der Waals surface area contributed by atoms with Gasteiger partial charge in [-0.1, -0.05) is 11.8 Å². The molecule has 0 unspecified atom stereocenters. The van der Waals surface area contributed by atoms with Crippen LogP contribution in [0.4, 0.5) is 5.69 Å². The van der Waals surface area contributed by atoms with Crippen LogP contribution in [0.3, 0.4) is 0 Å². The van der Waals surface area contributed by atoms with Gasteiger partial charge >= 0.3 is 5.69 Å². The van der Waals surface area contributed by atoms with E-state index in [9.17, 15) is 14.4 Å². The molecule has 27 heavy (non-hydrogen) atoms. The first-order valence-corrected chi connectivity index (χ1v) is 9.57. The summed E-state index contributed by atoms with van der Waals surface area (Å²) in [5, 5.41) is 12.2. The van der Waals surface area contributed by atoms with Crippen molar-refractivity contribution in [3.05, 3.63) is 40.3 Å². The minimum Gasteiger partial charge on any atom is -0.376 e. The Balaban J connectivity index is 1.55. The normalized spacial score (nSPS) is 16.3. The molecule has 10 heteroatoms. The van der Waals surface area contributed by atoms with Gasteiger partial charge in [0.25, 0.3) is 5.91 Å². The average molecular weight is 391 g/mol. The minimum absolute atomic E-state index is 0.00677. The standard InChI is InChI=1S/C17H21N5O4S/c1-18-15(24)11-4-6-12(7-5-11)19-14(23)10-27-17-21-20-16(25)22(17)9-13-3-2-8-26-13/h4-7,13H,2-3,8-10H2,1H3,(H,18,24)(H,19,23)(H,20,25)/t13-/m0/s1. The van der Waals surface area contributed by atoms with Crippen molar-refractivity contribution in [3.8, 4) is 0 Å². The summed E-state index contributed by atoms with van der Waals surface area (Å²) in [5.41, 5.74) is 0.796. The molecule has 1 saturated heterocycles. The fourth-order valence-corrected chi connectivity index (χ4v) is 3.50. The number of thioether (sulfide) groups is 1. The number of nitrogens with one attached hydrogen (secondary N) is 3. The van der Waals surface area contributed by atoms with Crippen LogP contribution in [0.5, 0.6) is 0 Å². The van der Waals surface area contributed by atoms with E-state index >= 15 is 0 Å². The molecule has 0 saturated carbocycles. The Morgan fingerprint density at radius 1 is 1.37 bits per heavy atom. The number of hydrogen-bond donors (Lipinski definition) is 3. The van der Waals surface area contributed by atoms with E-state index in [-0.39, 0.29) is 29.4 Å². The average Bonchev–Trinajstić information content (AvgIpc) is 3.31. The van der Waals surface area contributed by atoms with Crippen molar-refractivity contribution < 1.29 is 14.3 Å². The molecule has 2 amide bonds. The van der Waals surface area contributed by atoms with Gasteiger partial charge < -0.3 is 15.4 Å². The van der Waals surface area contributed by atoms with Gasteiger partial charge in [-0.25, -0.2) is 9.89 Å². The minimum atomic E-state index is -0.307. The lowest BCUT2D eigenvalue weighted by Gasteiger charge is -2.11. The maximum Gasteiger partial charge on any atom is 0.344 e. The number of ether oxygens (including phenoxy) is 1. The van der Waals surface area contributed by atoms with E-state index in [1.54, 1.807) is 31.3 Å². The number of anilines is 1. The Morgan fingerprint density at radius 3 is 2.81 bits per heavy atom. The van der Waals surface area contributed by atoms with E-state index < -0.39 is 0 Å². The Hall–Kier alpha value is -2.59. The lowest BCUT2D eigenvalue weighted by Crippen LogP contribution is -2.25. The summed E-state index contributed by atoms with van der Waals surface area (Å²) in [6, 6.07) is 6.59. The van der Waals surface area contributed by atoms with E-state index in [0.29, 0.717) is 29.6 Å². The number of nitrogens with zero attached hydrogens (tertiary/aromatic N) is 2. The van der Waals surface area contributed by atoms with Crippen molar-refractivity contribution in [2.75, 3.05) is 24.7 Å². The van der Waals surface area contributed by atoms with Crippen molar-refractivity contribution in [1.82, 2.24) is 20.1 Å². The Kier molecular flexibility index (Phi) is 6.30.